The molecule has 2 heteroatoms. The number of fused-ring (bicyclic) bond motifs is 3. The van der Waals surface area contributed by atoms with Crippen molar-refractivity contribution in [1.82, 2.24) is 0 Å². The molecule has 2 nitrogen and oxygen atoms in total. The van der Waals surface area contributed by atoms with Crippen molar-refractivity contribution in [3.05, 3.63) is 130 Å². The Balaban J connectivity index is 1.88. The molecule has 0 saturated carbocycles. The molecule has 0 amide bonds. The zero-order chi connectivity index (χ0) is 19.8. The van der Waals surface area contributed by atoms with Gasteiger partial charge in [-0.05, 0) is 44.5 Å². The first-order valence-electron chi connectivity index (χ1n) is 10.1. The number of rotatable bonds is 4. The lowest BCUT2D eigenvalue weighted by Gasteiger charge is -2.34. The van der Waals surface area contributed by atoms with Crippen LogP contribution in [0, 0.1) is 0 Å². The predicted molar refractivity (Wildman–Crippen MR) is 120 cm³/mol. The number of hydrogen-bond donors (Lipinski definition) is 2. The van der Waals surface area contributed by atoms with Gasteiger partial charge in [-0.15, -0.1) is 0 Å². The van der Waals surface area contributed by atoms with Crippen molar-refractivity contribution in [2.75, 3.05) is 0 Å². The van der Waals surface area contributed by atoms with Crippen LogP contribution < -0.4 is 11.5 Å². The molecule has 0 fully saturated rings. The Morgan fingerprint density at radius 3 is 1.24 bits per heavy atom. The SMILES string of the molecule is NCc1ccc(C2(c3ccc(CN)cc3)c3ccccc3-c3ccccc32)cc1. The van der Waals surface area contributed by atoms with E-state index in [1.807, 2.05) is 0 Å². The average molecular weight is 377 g/mol. The van der Waals surface area contributed by atoms with Gasteiger partial charge in [0.15, 0.2) is 0 Å². The maximum absolute atomic E-state index is 5.87. The molecule has 1 aliphatic rings. The Morgan fingerprint density at radius 1 is 0.483 bits per heavy atom. The highest BCUT2D eigenvalue weighted by Crippen LogP contribution is 2.55. The third-order valence-corrected chi connectivity index (χ3v) is 6.20. The third-order valence-electron chi connectivity index (χ3n) is 6.20. The molecule has 0 saturated heterocycles. The summed E-state index contributed by atoms with van der Waals surface area (Å²) < 4.78 is 0. The van der Waals surface area contributed by atoms with E-state index in [1.54, 1.807) is 0 Å². The quantitative estimate of drug-likeness (QED) is 0.465. The fraction of sp³-hybridized carbons (Fsp3) is 0.111. The molecule has 0 heterocycles. The Bertz CT molecular complexity index is 1060. The molecule has 29 heavy (non-hydrogen) atoms. The topological polar surface area (TPSA) is 52.0 Å². The lowest BCUT2D eigenvalue weighted by atomic mass is 9.67. The highest BCUT2D eigenvalue weighted by Gasteiger charge is 2.45. The van der Waals surface area contributed by atoms with Crippen LogP contribution in [-0.2, 0) is 18.5 Å². The number of hydrogen-bond acceptors (Lipinski definition) is 2. The Hall–Kier alpha value is -3.20. The van der Waals surface area contributed by atoms with E-state index < -0.39 is 0 Å². The van der Waals surface area contributed by atoms with Crippen molar-refractivity contribution in [2.24, 2.45) is 11.5 Å². The minimum atomic E-state index is -0.354. The zero-order valence-electron chi connectivity index (χ0n) is 16.3. The van der Waals surface area contributed by atoms with Crippen LogP contribution in [0.25, 0.3) is 11.1 Å². The average Bonchev–Trinajstić information content (AvgIpc) is 3.11. The molecule has 0 aliphatic heterocycles. The lowest BCUT2D eigenvalue weighted by Crippen LogP contribution is -2.28. The van der Waals surface area contributed by atoms with E-state index >= 15 is 0 Å². The lowest BCUT2D eigenvalue weighted by molar-refractivity contribution is 0.766. The van der Waals surface area contributed by atoms with E-state index in [-0.39, 0.29) is 5.41 Å². The van der Waals surface area contributed by atoms with Gasteiger partial charge in [-0.2, -0.15) is 0 Å². The fourth-order valence-corrected chi connectivity index (χ4v) is 4.81. The van der Waals surface area contributed by atoms with E-state index in [9.17, 15) is 0 Å². The normalized spacial score (nSPS) is 13.7. The van der Waals surface area contributed by atoms with E-state index in [1.165, 1.54) is 33.4 Å². The molecule has 0 radical (unpaired) electrons. The first-order valence-corrected chi connectivity index (χ1v) is 10.1. The van der Waals surface area contributed by atoms with Crippen LogP contribution in [0.1, 0.15) is 33.4 Å². The highest BCUT2D eigenvalue weighted by atomic mass is 14.5. The van der Waals surface area contributed by atoms with Gasteiger partial charge in [0.25, 0.3) is 0 Å². The highest BCUT2D eigenvalue weighted by molar-refractivity contribution is 5.86. The van der Waals surface area contributed by atoms with Crippen molar-refractivity contribution in [3.8, 4) is 11.1 Å². The molecule has 4 aromatic carbocycles. The summed E-state index contributed by atoms with van der Waals surface area (Å²) in [6.45, 7) is 1.09. The Kier molecular flexibility index (Phi) is 4.31. The molecule has 5 rings (SSSR count). The molecule has 142 valence electrons. The Morgan fingerprint density at radius 2 is 0.862 bits per heavy atom. The summed E-state index contributed by atoms with van der Waals surface area (Å²) in [6.07, 6.45) is 0. The van der Waals surface area contributed by atoms with E-state index in [0.717, 1.165) is 11.1 Å². The van der Waals surface area contributed by atoms with Crippen molar-refractivity contribution < 1.29 is 0 Å². The molecule has 0 atom stereocenters. The summed E-state index contributed by atoms with van der Waals surface area (Å²) in [5.41, 5.74) is 21.4. The zero-order valence-corrected chi connectivity index (χ0v) is 16.3. The monoisotopic (exact) mass is 376 g/mol. The van der Waals surface area contributed by atoms with Gasteiger partial charge in [0.2, 0.25) is 0 Å². The summed E-state index contributed by atoms with van der Waals surface area (Å²) >= 11 is 0. The largest absolute Gasteiger partial charge is 0.326 e. The van der Waals surface area contributed by atoms with E-state index in [4.69, 9.17) is 11.5 Å². The minimum Gasteiger partial charge on any atom is -0.326 e. The molecule has 4 aromatic rings. The summed E-state index contributed by atoms with van der Waals surface area (Å²) in [6, 6.07) is 35.1. The molecule has 4 N–H and O–H groups in total. The molecule has 0 unspecified atom stereocenters. The van der Waals surface area contributed by atoms with Gasteiger partial charge < -0.3 is 11.5 Å². The maximum Gasteiger partial charge on any atom is 0.0713 e. The second-order valence-electron chi connectivity index (χ2n) is 7.64. The Labute approximate surface area is 171 Å². The number of nitrogens with two attached hydrogens (primary N) is 2. The second kappa shape index (κ2) is 7.00. The van der Waals surface area contributed by atoms with Gasteiger partial charge in [-0.25, -0.2) is 0 Å². The van der Waals surface area contributed by atoms with Crippen LogP contribution >= 0.6 is 0 Å². The summed E-state index contributed by atoms with van der Waals surface area (Å²) in [7, 11) is 0. The van der Waals surface area contributed by atoms with Crippen LogP contribution in [0.3, 0.4) is 0 Å². The summed E-state index contributed by atoms with van der Waals surface area (Å²) in [4.78, 5) is 0. The molecular weight excluding hydrogens is 352 g/mol. The van der Waals surface area contributed by atoms with Crippen LogP contribution in [0.15, 0.2) is 97.1 Å². The molecular formula is C27H24N2. The standard InChI is InChI=1S/C27H24N2/c28-17-19-9-13-21(14-10-19)27(22-15-11-20(18-29)12-16-22)25-7-3-1-5-23(25)24-6-2-4-8-26(24)27/h1-16H,17-18,28-29H2. The predicted octanol–water partition coefficient (Wildman–Crippen LogP) is 4.97. The van der Waals surface area contributed by atoms with E-state index in [0.29, 0.717) is 13.1 Å². The van der Waals surface area contributed by atoms with Gasteiger partial charge in [-0.3, -0.25) is 0 Å². The van der Waals surface area contributed by atoms with Gasteiger partial charge in [0, 0.05) is 13.1 Å². The second-order valence-corrected chi connectivity index (χ2v) is 7.64. The molecule has 1 aliphatic carbocycles. The summed E-state index contributed by atoms with van der Waals surface area (Å²) in [5, 5.41) is 0. The van der Waals surface area contributed by atoms with Gasteiger partial charge >= 0.3 is 0 Å². The van der Waals surface area contributed by atoms with Crippen LogP contribution in [0.2, 0.25) is 0 Å². The van der Waals surface area contributed by atoms with Crippen molar-refractivity contribution in [2.45, 2.75) is 18.5 Å². The first kappa shape index (κ1) is 17.9. The molecule has 0 aromatic heterocycles. The van der Waals surface area contributed by atoms with Crippen molar-refractivity contribution >= 4 is 0 Å². The van der Waals surface area contributed by atoms with Crippen LogP contribution in [0.4, 0.5) is 0 Å². The fourth-order valence-electron chi connectivity index (χ4n) is 4.81. The number of benzene rings is 4. The first-order chi connectivity index (χ1) is 14.3. The van der Waals surface area contributed by atoms with Gasteiger partial charge in [0.05, 0.1) is 5.41 Å². The van der Waals surface area contributed by atoms with Gasteiger partial charge in [-0.1, -0.05) is 97.1 Å². The summed E-state index contributed by atoms with van der Waals surface area (Å²) in [5.74, 6) is 0. The van der Waals surface area contributed by atoms with Crippen molar-refractivity contribution in [1.29, 1.82) is 0 Å². The smallest absolute Gasteiger partial charge is 0.0713 e. The van der Waals surface area contributed by atoms with Crippen LogP contribution in [0.5, 0.6) is 0 Å². The maximum atomic E-state index is 5.87. The minimum absolute atomic E-state index is 0.354. The van der Waals surface area contributed by atoms with Crippen molar-refractivity contribution in [3.63, 3.8) is 0 Å². The van der Waals surface area contributed by atoms with Gasteiger partial charge in [0.1, 0.15) is 0 Å². The molecule has 0 spiro atoms. The van der Waals surface area contributed by atoms with E-state index in [2.05, 4.69) is 97.1 Å². The van der Waals surface area contributed by atoms with Crippen LogP contribution in [-0.4, -0.2) is 0 Å². The molecule has 0 bridgehead atoms. The third kappa shape index (κ3) is 2.57.